The highest BCUT2D eigenvalue weighted by molar-refractivity contribution is 5.93. The van der Waals surface area contributed by atoms with E-state index in [1.54, 1.807) is 19.5 Å². The van der Waals surface area contributed by atoms with Crippen LogP contribution in [-0.2, 0) is 6.42 Å². The van der Waals surface area contributed by atoms with Crippen LogP contribution in [0.5, 0.6) is 5.75 Å². The fourth-order valence-electron chi connectivity index (χ4n) is 3.27. The molecule has 2 aromatic heterocycles. The number of ether oxygens (including phenoxy) is 1. The van der Waals surface area contributed by atoms with Crippen molar-refractivity contribution in [3.63, 3.8) is 0 Å². The van der Waals surface area contributed by atoms with Gasteiger partial charge in [0.1, 0.15) is 11.6 Å². The Morgan fingerprint density at radius 2 is 2.00 bits per heavy atom. The highest BCUT2D eigenvalue weighted by Crippen LogP contribution is 2.32. The van der Waals surface area contributed by atoms with Gasteiger partial charge in [-0.2, -0.15) is 0 Å². The van der Waals surface area contributed by atoms with Gasteiger partial charge in [0, 0.05) is 41.7 Å². The molecule has 0 aliphatic carbocycles. The fourth-order valence-corrected chi connectivity index (χ4v) is 3.27. The summed E-state index contributed by atoms with van der Waals surface area (Å²) in [7, 11) is 1.65. The van der Waals surface area contributed by atoms with Gasteiger partial charge in [-0.15, -0.1) is 0 Å². The van der Waals surface area contributed by atoms with Gasteiger partial charge in [-0.25, -0.2) is 9.97 Å². The van der Waals surface area contributed by atoms with Crippen LogP contribution in [0.15, 0.2) is 65.9 Å². The fraction of sp³-hybridized carbons (Fsp3) is 0.0909. The predicted molar refractivity (Wildman–Crippen MR) is 111 cm³/mol. The van der Waals surface area contributed by atoms with Crippen LogP contribution < -0.4 is 10.1 Å². The van der Waals surface area contributed by atoms with Gasteiger partial charge < -0.3 is 10.1 Å². The number of anilines is 2. The average Bonchev–Trinajstić information content (AvgIpc) is 3.22. The van der Waals surface area contributed by atoms with Gasteiger partial charge in [0.25, 0.3) is 0 Å². The lowest BCUT2D eigenvalue weighted by atomic mass is 10.1. The molecule has 4 aromatic rings. The number of methoxy groups -OCH3 is 1. The van der Waals surface area contributed by atoms with E-state index in [2.05, 4.69) is 21.4 Å². The van der Waals surface area contributed by atoms with Gasteiger partial charge in [0.2, 0.25) is 0 Å². The first-order valence-corrected chi connectivity index (χ1v) is 8.99. The van der Waals surface area contributed by atoms with E-state index in [1.165, 1.54) is 5.56 Å². The van der Waals surface area contributed by atoms with Gasteiger partial charge >= 0.3 is 0 Å². The van der Waals surface area contributed by atoms with Gasteiger partial charge in [0.05, 0.1) is 18.3 Å². The first-order valence-electron chi connectivity index (χ1n) is 8.99. The normalized spacial score (nSPS) is 12.2. The van der Waals surface area contributed by atoms with E-state index in [-0.39, 0.29) is 0 Å². The van der Waals surface area contributed by atoms with Crippen LogP contribution in [0.25, 0.3) is 22.3 Å². The summed E-state index contributed by atoms with van der Waals surface area (Å²) in [5, 5.41) is 4.32. The Bertz CT molecular complexity index is 1200. The molecule has 0 fully saturated rings. The molecule has 1 N–H and O–H groups in total. The Balaban J connectivity index is 1.65. The second-order valence-electron chi connectivity index (χ2n) is 6.50. The molecular weight excluding hydrogens is 350 g/mol. The minimum atomic E-state index is 0.618. The summed E-state index contributed by atoms with van der Waals surface area (Å²) < 4.78 is 5.39. The third-order valence-corrected chi connectivity index (χ3v) is 4.71. The van der Waals surface area contributed by atoms with Crippen LogP contribution in [0.2, 0.25) is 0 Å². The molecule has 6 heteroatoms. The van der Waals surface area contributed by atoms with E-state index < -0.39 is 0 Å². The molecule has 28 heavy (non-hydrogen) atoms. The molecule has 2 aromatic carbocycles. The van der Waals surface area contributed by atoms with E-state index in [0.29, 0.717) is 11.6 Å². The lowest BCUT2D eigenvalue weighted by molar-refractivity contribution is 0.415. The summed E-state index contributed by atoms with van der Waals surface area (Å²) in [6.07, 6.45) is 6.31. The second kappa shape index (κ2) is 6.74. The maximum Gasteiger partial charge on any atom is 0.163 e. The number of fused-ring (bicyclic) bond motifs is 2. The summed E-state index contributed by atoms with van der Waals surface area (Å²) in [5.74, 6) is 2.09. The zero-order valence-corrected chi connectivity index (χ0v) is 15.3. The van der Waals surface area contributed by atoms with Crippen LogP contribution in [0.4, 0.5) is 17.2 Å². The lowest BCUT2D eigenvalue weighted by Gasteiger charge is -2.12. The van der Waals surface area contributed by atoms with Crippen molar-refractivity contribution in [2.24, 2.45) is 4.99 Å². The number of benzene rings is 2. The molecule has 1 aliphatic heterocycles. The van der Waals surface area contributed by atoms with Crippen LogP contribution >= 0.6 is 0 Å². The standard InChI is InChI=1S/C22H17N5O/c1-28-17-6-7-19-18(12-17)22(27-21(26-19)15-3-2-9-23-13-15)25-16-5-4-14-8-10-24-20(14)11-16/h2-7,9-13H,8H2,1H3,(H,25,26,27). The van der Waals surface area contributed by atoms with Crippen LogP contribution in [0.1, 0.15) is 5.56 Å². The summed E-state index contributed by atoms with van der Waals surface area (Å²) in [5.41, 5.74) is 4.85. The Hall–Kier alpha value is -3.80. The van der Waals surface area contributed by atoms with Crippen molar-refractivity contribution in [2.45, 2.75) is 6.42 Å². The summed E-state index contributed by atoms with van der Waals surface area (Å²) in [6.45, 7) is 0. The SMILES string of the molecule is COc1ccc2nc(-c3cccnc3)nc(Nc3ccc4c(c3)N=CC4)c2c1. The van der Waals surface area contributed by atoms with Gasteiger partial charge in [-0.1, -0.05) is 6.07 Å². The molecular formula is C22H17N5O. The van der Waals surface area contributed by atoms with Crippen molar-refractivity contribution < 1.29 is 4.74 Å². The third-order valence-electron chi connectivity index (χ3n) is 4.71. The maximum absolute atomic E-state index is 5.39. The van der Waals surface area contributed by atoms with Gasteiger partial charge in [-0.05, 0) is 48.0 Å². The van der Waals surface area contributed by atoms with E-state index in [1.807, 2.05) is 48.7 Å². The first kappa shape index (κ1) is 16.4. The molecule has 0 saturated heterocycles. The van der Waals surface area contributed by atoms with Crippen LogP contribution in [-0.4, -0.2) is 28.3 Å². The average molecular weight is 367 g/mol. The third kappa shape index (κ3) is 2.95. The summed E-state index contributed by atoms with van der Waals surface area (Å²) in [4.78, 5) is 18.1. The number of hydrogen-bond acceptors (Lipinski definition) is 6. The molecule has 136 valence electrons. The lowest BCUT2D eigenvalue weighted by Crippen LogP contribution is -2.00. The van der Waals surface area contributed by atoms with Crippen molar-refractivity contribution in [1.29, 1.82) is 0 Å². The molecule has 0 spiro atoms. The molecule has 0 saturated carbocycles. The highest BCUT2D eigenvalue weighted by Gasteiger charge is 2.13. The summed E-state index contributed by atoms with van der Waals surface area (Å²) in [6, 6.07) is 15.8. The Morgan fingerprint density at radius 1 is 1.04 bits per heavy atom. The number of aromatic nitrogens is 3. The smallest absolute Gasteiger partial charge is 0.163 e. The van der Waals surface area contributed by atoms with E-state index in [9.17, 15) is 0 Å². The Morgan fingerprint density at radius 3 is 2.86 bits per heavy atom. The molecule has 5 rings (SSSR count). The topological polar surface area (TPSA) is 72.3 Å². The van der Waals surface area contributed by atoms with Crippen molar-refractivity contribution in [3.05, 3.63) is 66.5 Å². The van der Waals surface area contributed by atoms with Crippen LogP contribution in [0.3, 0.4) is 0 Å². The number of nitrogens with one attached hydrogen (secondary N) is 1. The first-order chi connectivity index (χ1) is 13.8. The van der Waals surface area contributed by atoms with Gasteiger partial charge in [0.15, 0.2) is 5.82 Å². The highest BCUT2D eigenvalue weighted by atomic mass is 16.5. The van der Waals surface area contributed by atoms with Crippen LogP contribution in [0, 0.1) is 0 Å². The minimum absolute atomic E-state index is 0.618. The monoisotopic (exact) mass is 367 g/mol. The number of hydrogen-bond donors (Lipinski definition) is 1. The number of nitrogens with zero attached hydrogens (tertiary/aromatic N) is 4. The molecule has 0 radical (unpaired) electrons. The molecule has 3 heterocycles. The minimum Gasteiger partial charge on any atom is -0.497 e. The largest absolute Gasteiger partial charge is 0.497 e. The maximum atomic E-state index is 5.39. The van der Waals surface area contributed by atoms with Gasteiger partial charge in [-0.3, -0.25) is 9.98 Å². The van der Waals surface area contributed by atoms with Crippen molar-refractivity contribution in [1.82, 2.24) is 15.0 Å². The molecule has 0 unspecified atom stereocenters. The van der Waals surface area contributed by atoms with E-state index in [4.69, 9.17) is 14.7 Å². The quantitative estimate of drug-likeness (QED) is 0.566. The predicted octanol–water partition coefficient (Wildman–Crippen LogP) is 4.70. The molecule has 0 amide bonds. The zero-order valence-electron chi connectivity index (χ0n) is 15.3. The number of aliphatic imine (C=N–C) groups is 1. The number of pyridine rings is 1. The van der Waals surface area contributed by atoms with Crippen molar-refractivity contribution in [2.75, 3.05) is 12.4 Å². The molecule has 0 atom stereocenters. The Labute approximate surface area is 162 Å². The zero-order chi connectivity index (χ0) is 18.9. The Kier molecular flexibility index (Phi) is 3.94. The molecule has 1 aliphatic rings. The van der Waals surface area contributed by atoms with E-state index >= 15 is 0 Å². The van der Waals surface area contributed by atoms with Crippen molar-refractivity contribution in [3.8, 4) is 17.1 Å². The second-order valence-corrected chi connectivity index (χ2v) is 6.50. The molecule has 0 bridgehead atoms. The van der Waals surface area contributed by atoms with Crippen molar-refractivity contribution >= 4 is 34.3 Å². The number of rotatable bonds is 4. The van der Waals surface area contributed by atoms with E-state index in [0.717, 1.165) is 40.0 Å². The molecule has 6 nitrogen and oxygen atoms in total. The summed E-state index contributed by atoms with van der Waals surface area (Å²) >= 11 is 0.